The van der Waals surface area contributed by atoms with Gasteiger partial charge < -0.3 is 9.84 Å². The van der Waals surface area contributed by atoms with Crippen LogP contribution in [-0.4, -0.2) is 54.7 Å². The van der Waals surface area contributed by atoms with Gasteiger partial charge in [-0.3, -0.25) is 9.69 Å². The SMILES string of the molecule is CC1CC(=O)C(CN2CCOC(CO)C2)C(C)C1. The molecule has 0 amide bonds. The van der Waals surface area contributed by atoms with E-state index in [0.29, 0.717) is 24.2 Å². The van der Waals surface area contributed by atoms with Crippen LogP contribution in [0.4, 0.5) is 0 Å². The fourth-order valence-corrected chi connectivity index (χ4v) is 3.31. The van der Waals surface area contributed by atoms with Gasteiger partial charge in [-0.15, -0.1) is 0 Å². The molecular formula is C14H25NO3. The lowest BCUT2D eigenvalue weighted by molar-refractivity contribution is -0.130. The first-order valence-corrected chi connectivity index (χ1v) is 7.07. The van der Waals surface area contributed by atoms with Gasteiger partial charge in [0.25, 0.3) is 0 Å². The van der Waals surface area contributed by atoms with Crippen LogP contribution in [-0.2, 0) is 9.53 Å². The number of hydrogen-bond donors (Lipinski definition) is 1. The Morgan fingerprint density at radius 3 is 2.89 bits per heavy atom. The molecule has 1 aliphatic heterocycles. The van der Waals surface area contributed by atoms with Gasteiger partial charge in [0.05, 0.1) is 19.3 Å². The number of ketones is 1. The molecule has 0 aromatic heterocycles. The summed E-state index contributed by atoms with van der Waals surface area (Å²) < 4.78 is 5.44. The molecule has 1 saturated carbocycles. The number of rotatable bonds is 3. The molecule has 1 heterocycles. The van der Waals surface area contributed by atoms with Crippen molar-refractivity contribution < 1.29 is 14.6 Å². The first-order valence-electron chi connectivity index (χ1n) is 7.07. The summed E-state index contributed by atoms with van der Waals surface area (Å²) in [4.78, 5) is 14.4. The Morgan fingerprint density at radius 1 is 1.44 bits per heavy atom. The van der Waals surface area contributed by atoms with Crippen LogP contribution in [0, 0.1) is 17.8 Å². The van der Waals surface area contributed by atoms with E-state index in [1.165, 1.54) is 0 Å². The van der Waals surface area contributed by atoms with Crippen molar-refractivity contribution in [1.82, 2.24) is 4.90 Å². The first kappa shape index (κ1) is 14.0. The summed E-state index contributed by atoms with van der Waals surface area (Å²) in [6.45, 7) is 7.57. The van der Waals surface area contributed by atoms with E-state index in [1.54, 1.807) is 0 Å². The molecule has 1 saturated heterocycles. The molecule has 4 unspecified atom stereocenters. The Hall–Kier alpha value is -0.450. The fourth-order valence-electron chi connectivity index (χ4n) is 3.31. The number of nitrogens with zero attached hydrogens (tertiary/aromatic N) is 1. The zero-order valence-corrected chi connectivity index (χ0v) is 11.5. The summed E-state index contributed by atoms with van der Waals surface area (Å²) in [6, 6.07) is 0. The molecule has 1 N–H and O–H groups in total. The number of carbonyl (C=O) groups excluding carboxylic acids is 1. The molecule has 0 bridgehead atoms. The number of Topliss-reactive ketones (excluding diaryl/α,β-unsaturated/α-hetero) is 1. The number of ether oxygens (including phenoxy) is 1. The van der Waals surface area contributed by atoms with Gasteiger partial charge in [-0.2, -0.15) is 0 Å². The van der Waals surface area contributed by atoms with Crippen LogP contribution in [0.3, 0.4) is 0 Å². The van der Waals surface area contributed by atoms with E-state index < -0.39 is 0 Å². The smallest absolute Gasteiger partial charge is 0.137 e. The molecule has 18 heavy (non-hydrogen) atoms. The number of morpholine rings is 1. The molecule has 4 heteroatoms. The molecule has 2 fully saturated rings. The minimum absolute atomic E-state index is 0.0711. The van der Waals surface area contributed by atoms with E-state index in [1.807, 2.05) is 0 Å². The predicted octanol–water partition coefficient (Wildman–Crippen LogP) is 0.931. The van der Waals surface area contributed by atoms with Crippen LogP contribution in [0.2, 0.25) is 0 Å². The molecule has 0 aromatic rings. The van der Waals surface area contributed by atoms with Gasteiger partial charge in [-0.1, -0.05) is 13.8 Å². The molecule has 4 atom stereocenters. The third-order valence-electron chi connectivity index (χ3n) is 4.31. The van der Waals surface area contributed by atoms with E-state index in [0.717, 1.165) is 32.5 Å². The largest absolute Gasteiger partial charge is 0.394 e. The van der Waals surface area contributed by atoms with Gasteiger partial charge in [0.2, 0.25) is 0 Å². The molecule has 104 valence electrons. The summed E-state index contributed by atoms with van der Waals surface area (Å²) in [6.07, 6.45) is 1.82. The van der Waals surface area contributed by atoms with Crippen molar-refractivity contribution in [1.29, 1.82) is 0 Å². The maximum atomic E-state index is 12.1. The third-order valence-corrected chi connectivity index (χ3v) is 4.31. The van der Waals surface area contributed by atoms with Gasteiger partial charge in [0.1, 0.15) is 5.78 Å². The molecule has 0 spiro atoms. The fraction of sp³-hybridized carbons (Fsp3) is 0.929. The Balaban J connectivity index is 1.89. The summed E-state index contributed by atoms with van der Waals surface area (Å²) in [5.74, 6) is 1.63. The van der Waals surface area contributed by atoms with Crippen LogP contribution < -0.4 is 0 Å². The average Bonchev–Trinajstić information content (AvgIpc) is 2.34. The maximum absolute atomic E-state index is 12.1. The molecule has 4 nitrogen and oxygen atoms in total. The molecule has 2 rings (SSSR count). The van der Waals surface area contributed by atoms with Gasteiger partial charge in [0, 0.05) is 32.0 Å². The number of carbonyl (C=O) groups is 1. The van der Waals surface area contributed by atoms with Gasteiger partial charge in [-0.25, -0.2) is 0 Å². The molecule has 0 aromatic carbocycles. The second-order valence-electron chi connectivity index (χ2n) is 6.03. The Kier molecular flexibility index (Phi) is 4.76. The van der Waals surface area contributed by atoms with Crippen molar-refractivity contribution in [2.24, 2.45) is 17.8 Å². The Morgan fingerprint density at radius 2 is 2.22 bits per heavy atom. The highest BCUT2D eigenvalue weighted by atomic mass is 16.5. The van der Waals surface area contributed by atoms with E-state index in [2.05, 4.69) is 18.7 Å². The minimum atomic E-state index is -0.0772. The standard InChI is InChI=1S/C14H25NO3/c1-10-5-11(2)13(14(17)6-10)8-15-3-4-18-12(7-15)9-16/h10-13,16H,3-9H2,1-2H3. The molecule has 0 radical (unpaired) electrons. The second-order valence-corrected chi connectivity index (χ2v) is 6.03. The quantitative estimate of drug-likeness (QED) is 0.815. The van der Waals surface area contributed by atoms with Crippen molar-refractivity contribution >= 4 is 5.78 Å². The summed E-state index contributed by atoms with van der Waals surface area (Å²) in [5.41, 5.74) is 0. The van der Waals surface area contributed by atoms with Crippen molar-refractivity contribution in [2.45, 2.75) is 32.8 Å². The van der Waals surface area contributed by atoms with Gasteiger partial charge in [0.15, 0.2) is 0 Å². The minimum Gasteiger partial charge on any atom is -0.394 e. The highest BCUT2D eigenvalue weighted by molar-refractivity contribution is 5.82. The Bertz CT molecular complexity index is 295. The van der Waals surface area contributed by atoms with E-state index in [-0.39, 0.29) is 18.6 Å². The summed E-state index contributed by atoms with van der Waals surface area (Å²) >= 11 is 0. The lowest BCUT2D eigenvalue weighted by atomic mass is 9.74. The molecule has 2 aliphatic rings. The number of hydrogen-bond acceptors (Lipinski definition) is 4. The first-order chi connectivity index (χ1) is 8.60. The number of aliphatic hydroxyl groups excluding tert-OH is 1. The van der Waals surface area contributed by atoms with Crippen LogP contribution in [0.15, 0.2) is 0 Å². The summed E-state index contributed by atoms with van der Waals surface area (Å²) in [7, 11) is 0. The molecular weight excluding hydrogens is 230 g/mol. The Labute approximate surface area is 109 Å². The van der Waals surface area contributed by atoms with Gasteiger partial charge >= 0.3 is 0 Å². The normalized spacial score (nSPS) is 38.9. The average molecular weight is 255 g/mol. The topological polar surface area (TPSA) is 49.8 Å². The monoisotopic (exact) mass is 255 g/mol. The van der Waals surface area contributed by atoms with Crippen molar-refractivity contribution in [3.63, 3.8) is 0 Å². The maximum Gasteiger partial charge on any atom is 0.137 e. The zero-order chi connectivity index (χ0) is 13.1. The van der Waals surface area contributed by atoms with Crippen LogP contribution in [0.25, 0.3) is 0 Å². The number of aliphatic hydroxyl groups is 1. The highest BCUT2D eigenvalue weighted by Crippen LogP contribution is 2.31. The van der Waals surface area contributed by atoms with E-state index >= 15 is 0 Å². The zero-order valence-electron chi connectivity index (χ0n) is 11.5. The summed E-state index contributed by atoms with van der Waals surface area (Å²) in [5, 5.41) is 9.13. The van der Waals surface area contributed by atoms with Crippen LogP contribution in [0.5, 0.6) is 0 Å². The predicted molar refractivity (Wildman–Crippen MR) is 69.3 cm³/mol. The van der Waals surface area contributed by atoms with E-state index in [9.17, 15) is 4.79 Å². The second kappa shape index (κ2) is 6.13. The van der Waals surface area contributed by atoms with Crippen LogP contribution in [0.1, 0.15) is 26.7 Å². The molecule has 1 aliphatic carbocycles. The van der Waals surface area contributed by atoms with Crippen LogP contribution >= 0.6 is 0 Å². The lowest BCUT2D eigenvalue weighted by Gasteiger charge is -2.38. The van der Waals surface area contributed by atoms with E-state index in [4.69, 9.17) is 9.84 Å². The van der Waals surface area contributed by atoms with Crippen molar-refractivity contribution in [3.8, 4) is 0 Å². The highest BCUT2D eigenvalue weighted by Gasteiger charge is 2.34. The van der Waals surface area contributed by atoms with Crippen molar-refractivity contribution in [3.05, 3.63) is 0 Å². The van der Waals surface area contributed by atoms with Crippen molar-refractivity contribution in [2.75, 3.05) is 32.8 Å². The lowest BCUT2D eigenvalue weighted by Crippen LogP contribution is -2.48. The third kappa shape index (κ3) is 3.31. The van der Waals surface area contributed by atoms with Gasteiger partial charge in [-0.05, 0) is 18.3 Å².